The van der Waals surface area contributed by atoms with Gasteiger partial charge in [-0.2, -0.15) is 5.26 Å². The fourth-order valence-corrected chi connectivity index (χ4v) is 1.54. The first kappa shape index (κ1) is 14.9. The van der Waals surface area contributed by atoms with E-state index < -0.39 is 4.92 Å². The Labute approximate surface area is 111 Å². The maximum atomic E-state index is 10.9. The molecule has 0 radical (unpaired) electrons. The molecule has 0 aromatic carbocycles. The number of nitrogens with one attached hydrogen (secondary N) is 1. The zero-order valence-electron chi connectivity index (χ0n) is 10.7. The van der Waals surface area contributed by atoms with Crippen LogP contribution in [0.5, 0.6) is 0 Å². The number of nitrogens with zero attached hydrogens (tertiary/aromatic N) is 3. The summed E-state index contributed by atoms with van der Waals surface area (Å²) in [6.45, 7) is 2.60. The molecule has 1 atom stereocenters. The average molecular weight is 264 g/mol. The van der Waals surface area contributed by atoms with E-state index in [1.807, 2.05) is 13.0 Å². The van der Waals surface area contributed by atoms with Crippen LogP contribution in [0.15, 0.2) is 12.3 Å². The van der Waals surface area contributed by atoms with Crippen molar-refractivity contribution < 1.29 is 10.0 Å². The lowest BCUT2D eigenvalue weighted by Crippen LogP contribution is -2.09. The molecule has 0 bridgehead atoms. The molecule has 0 saturated carbocycles. The van der Waals surface area contributed by atoms with Gasteiger partial charge in [0, 0.05) is 25.4 Å². The Morgan fingerprint density at radius 1 is 1.68 bits per heavy atom. The SMILES string of the molecule is CC(CO)CCCNc1ncc(C#N)cc1[N+](=O)[O-]. The van der Waals surface area contributed by atoms with Crippen molar-refractivity contribution in [3.8, 4) is 6.07 Å². The number of nitriles is 1. The first-order valence-electron chi connectivity index (χ1n) is 5.97. The largest absolute Gasteiger partial charge is 0.396 e. The summed E-state index contributed by atoms with van der Waals surface area (Å²) in [5.74, 6) is 0.381. The van der Waals surface area contributed by atoms with Gasteiger partial charge >= 0.3 is 5.69 Å². The summed E-state index contributed by atoms with van der Waals surface area (Å²) in [7, 11) is 0. The summed E-state index contributed by atoms with van der Waals surface area (Å²) in [4.78, 5) is 14.2. The number of aliphatic hydroxyl groups is 1. The van der Waals surface area contributed by atoms with Gasteiger partial charge in [-0.25, -0.2) is 4.98 Å². The number of aliphatic hydroxyl groups excluding tert-OH is 1. The summed E-state index contributed by atoms with van der Waals surface area (Å²) in [5, 5.41) is 31.3. The molecule has 0 spiro atoms. The van der Waals surface area contributed by atoms with Gasteiger partial charge in [-0.1, -0.05) is 6.92 Å². The van der Waals surface area contributed by atoms with Crippen LogP contribution in [0.1, 0.15) is 25.3 Å². The van der Waals surface area contributed by atoms with Crippen LogP contribution in [0.25, 0.3) is 0 Å². The van der Waals surface area contributed by atoms with Crippen LogP contribution in [0.2, 0.25) is 0 Å². The molecule has 2 N–H and O–H groups in total. The minimum atomic E-state index is -0.563. The second-order valence-corrected chi connectivity index (χ2v) is 4.32. The highest BCUT2D eigenvalue weighted by atomic mass is 16.6. The normalized spacial score (nSPS) is 11.6. The third kappa shape index (κ3) is 4.52. The summed E-state index contributed by atoms with van der Waals surface area (Å²) in [6.07, 6.45) is 2.90. The molecule has 19 heavy (non-hydrogen) atoms. The molecule has 0 aliphatic carbocycles. The van der Waals surface area contributed by atoms with Gasteiger partial charge in [0.25, 0.3) is 0 Å². The number of hydrogen-bond donors (Lipinski definition) is 2. The van der Waals surface area contributed by atoms with E-state index in [2.05, 4.69) is 10.3 Å². The van der Waals surface area contributed by atoms with Gasteiger partial charge < -0.3 is 10.4 Å². The smallest absolute Gasteiger partial charge is 0.312 e. The Morgan fingerprint density at radius 3 is 3.00 bits per heavy atom. The van der Waals surface area contributed by atoms with Crippen molar-refractivity contribution in [2.45, 2.75) is 19.8 Å². The third-order valence-electron chi connectivity index (χ3n) is 2.67. The molecular formula is C12H16N4O3. The number of aromatic nitrogens is 1. The van der Waals surface area contributed by atoms with Crippen LogP contribution in [0.3, 0.4) is 0 Å². The zero-order valence-corrected chi connectivity index (χ0v) is 10.7. The van der Waals surface area contributed by atoms with Gasteiger partial charge in [0.15, 0.2) is 0 Å². The predicted molar refractivity (Wildman–Crippen MR) is 69.6 cm³/mol. The summed E-state index contributed by atoms with van der Waals surface area (Å²) in [5.41, 5.74) is -0.0413. The molecule has 0 aliphatic rings. The first-order valence-corrected chi connectivity index (χ1v) is 5.97. The minimum absolute atomic E-state index is 0.134. The van der Waals surface area contributed by atoms with Gasteiger partial charge in [0.2, 0.25) is 5.82 Å². The van der Waals surface area contributed by atoms with Crippen molar-refractivity contribution in [3.05, 3.63) is 27.9 Å². The Hall–Kier alpha value is -2.20. The molecule has 0 fully saturated rings. The highest BCUT2D eigenvalue weighted by molar-refractivity contribution is 5.58. The summed E-state index contributed by atoms with van der Waals surface area (Å²) in [6, 6.07) is 3.02. The third-order valence-corrected chi connectivity index (χ3v) is 2.67. The second kappa shape index (κ2) is 7.28. The quantitative estimate of drug-likeness (QED) is 0.440. The topological polar surface area (TPSA) is 112 Å². The minimum Gasteiger partial charge on any atom is -0.396 e. The van der Waals surface area contributed by atoms with E-state index in [4.69, 9.17) is 10.4 Å². The molecular weight excluding hydrogens is 248 g/mol. The number of pyridine rings is 1. The van der Waals surface area contributed by atoms with Gasteiger partial charge in [-0.3, -0.25) is 10.1 Å². The zero-order chi connectivity index (χ0) is 14.3. The Bertz CT molecular complexity index is 484. The Kier molecular flexibility index (Phi) is 5.70. The number of anilines is 1. The summed E-state index contributed by atoms with van der Waals surface area (Å²) < 4.78 is 0. The number of rotatable bonds is 7. The lowest BCUT2D eigenvalue weighted by atomic mass is 10.1. The highest BCUT2D eigenvalue weighted by Gasteiger charge is 2.15. The fraction of sp³-hybridized carbons (Fsp3) is 0.500. The molecule has 0 amide bonds. The number of nitro groups is 1. The van der Waals surface area contributed by atoms with Crippen LogP contribution in [0, 0.1) is 27.4 Å². The van der Waals surface area contributed by atoms with Crippen LogP contribution < -0.4 is 5.32 Å². The van der Waals surface area contributed by atoms with Gasteiger partial charge in [0.05, 0.1) is 10.5 Å². The van der Waals surface area contributed by atoms with E-state index >= 15 is 0 Å². The predicted octanol–water partition coefficient (Wildman–Crippen LogP) is 1.68. The molecule has 0 aliphatic heterocycles. The Morgan fingerprint density at radius 2 is 2.42 bits per heavy atom. The van der Waals surface area contributed by atoms with Crippen molar-refractivity contribution in [1.82, 2.24) is 4.98 Å². The molecule has 0 saturated heterocycles. The standard InChI is InChI=1S/C12H16N4O3/c1-9(8-17)3-2-4-14-12-11(16(18)19)5-10(6-13)7-15-12/h5,7,9,17H,2-4,8H2,1H3,(H,14,15). The van der Waals surface area contributed by atoms with E-state index in [0.717, 1.165) is 12.8 Å². The van der Waals surface area contributed by atoms with Gasteiger partial charge in [0.1, 0.15) is 6.07 Å². The van der Waals surface area contributed by atoms with Crippen molar-refractivity contribution in [3.63, 3.8) is 0 Å². The molecule has 1 unspecified atom stereocenters. The van der Waals surface area contributed by atoms with Crippen LogP contribution in [-0.4, -0.2) is 28.2 Å². The van der Waals surface area contributed by atoms with Crippen LogP contribution in [-0.2, 0) is 0 Å². The molecule has 1 heterocycles. The molecule has 7 heteroatoms. The second-order valence-electron chi connectivity index (χ2n) is 4.32. The van der Waals surface area contributed by atoms with Crippen molar-refractivity contribution in [2.75, 3.05) is 18.5 Å². The van der Waals surface area contributed by atoms with Crippen molar-refractivity contribution >= 4 is 11.5 Å². The molecule has 102 valence electrons. The molecule has 1 rings (SSSR count). The molecule has 1 aromatic rings. The van der Waals surface area contributed by atoms with E-state index in [1.165, 1.54) is 12.3 Å². The van der Waals surface area contributed by atoms with Gasteiger partial charge in [-0.05, 0) is 18.8 Å². The van der Waals surface area contributed by atoms with E-state index in [-0.39, 0.29) is 29.6 Å². The van der Waals surface area contributed by atoms with Crippen LogP contribution in [0.4, 0.5) is 11.5 Å². The van der Waals surface area contributed by atoms with Crippen molar-refractivity contribution in [1.29, 1.82) is 5.26 Å². The van der Waals surface area contributed by atoms with Gasteiger partial charge in [-0.15, -0.1) is 0 Å². The summed E-state index contributed by atoms with van der Waals surface area (Å²) >= 11 is 0. The molecule has 7 nitrogen and oxygen atoms in total. The van der Waals surface area contributed by atoms with E-state index in [1.54, 1.807) is 0 Å². The average Bonchev–Trinajstić information content (AvgIpc) is 2.43. The number of hydrogen-bond acceptors (Lipinski definition) is 6. The highest BCUT2D eigenvalue weighted by Crippen LogP contribution is 2.22. The van der Waals surface area contributed by atoms with Crippen LogP contribution >= 0.6 is 0 Å². The maximum absolute atomic E-state index is 10.9. The maximum Gasteiger partial charge on any atom is 0.312 e. The monoisotopic (exact) mass is 264 g/mol. The fourth-order valence-electron chi connectivity index (χ4n) is 1.54. The van der Waals surface area contributed by atoms with E-state index in [9.17, 15) is 10.1 Å². The Balaban J connectivity index is 2.63. The lowest BCUT2D eigenvalue weighted by Gasteiger charge is -2.09. The first-order chi connectivity index (χ1) is 9.08. The van der Waals surface area contributed by atoms with Crippen molar-refractivity contribution in [2.24, 2.45) is 5.92 Å². The van der Waals surface area contributed by atoms with E-state index in [0.29, 0.717) is 6.54 Å². The lowest BCUT2D eigenvalue weighted by molar-refractivity contribution is -0.384. The molecule has 1 aromatic heterocycles.